The number of hydrogen-bond donors (Lipinski definition) is 1. The van der Waals surface area contributed by atoms with Crippen molar-refractivity contribution in [2.45, 2.75) is 51.6 Å². The lowest BCUT2D eigenvalue weighted by molar-refractivity contribution is -0.139. The van der Waals surface area contributed by atoms with Gasteiger partial charge in [-0.3, -0.25) is 13.9 Å². The van der Waals surface area contributed by atoms with Crippen LogP contribution >= 0.6 is 11.6 Å². The van der Waals surface area contributed by atoms with E-state index in [2.05, 4.69) is 5.32 Å². The summed E-state index contributed by atoms with van der Waals surface area (Å²) >= 11 is 6.04. The van der Waals surface area contributed by atoms with Crippen LogP contribution in [0.15, 0.2) is 83.8 Å². The number of halogens is 1. The number of nitrogens with one attached hydrogen (secondary N) is 1. The second-order valence-corrected chi connectivity index (χ2v) is 12.1. The molecule has 9 heteroatoms. The van der Waals surface area contributed by atoms with Crippen LogP contribution in [0.1, 0.15) is 38.8 Å². The average molecular weight is 570 g/mol. The van der Waals surface area contributed by atoms with E-state index in [9.17, 15) is 18.0 Å². The Balaban J connectivity index is 1.99. The summed E-state index contributed by atoms with van der Waals surface area (Å²) in [6, 6.07) is 21.3. The van der Waals surface area contributed by atoms with Gasteiger partial charge in [0.1, 0.15) is 12.6 Å². The van der Waals surface area contributed by atoms with Crippen LogP contribution in [0.2, 0.25) is 5.02 Å². The highest BCUT2D eigenvalue weighted by molar-refractivity contribution is 7.92. The smallest absolute Gasteiger partial charge is 0.264 e. The third kappa shape index (κ3) is 8.07. The molecule has 0 fully saturated rings. The quantitative estimate of drug-likeness (QED) is 0.321. The van der Waals surface area contributed by atoms with Gasteiger partial charge in [-0.05, 0) is 66.8 Å². The molecule has 3 aromatic rings. The molecule has 0 heterocycles. The number of carbonyl (C=O) groups is 2. The summed E-state index contributed by atoms with van der Waals surface area (Å²) in [6.45, 7) is 7.73. The molecule has 0 saturated carbocycles. The summed E-state index contributed by atoms with van der Waals surface area (Å²) in [6.07, 6.45) is 0.794. The van der Waals surface area contributed by atoms with Gasteiger partial charge in [0.15, 0.2) is 0 Å². The first kappa shape index (κ1) is 30.2. The van der Waals surface area contributed by atoms with Crippen LogP contribution in [0.4, 0.5) is 5.69 Å². The molecule has 3 aromatic carbocycles. The Morgan fingerprint density at radius 2 is 1.46 bits per heavy atom. The van der Waals surface area contributed by atoms with Gasteiger partial charge in [0, 0.05) is 18.1 Å². The molecule has 0 aromatic heterocycles. The summed E-state index contributed by atoms with van der Waals surface area (Å²) in [5.74, 6) is -0.578. The first-order chi connectivity index (χ1) is 18.5. The largest absolute Gasteiger partial charge is 0.354 e. The SMILES string of the molecule is CCc1ccc(N(CC(=O)N(Cc2ccc(Cl)cc2)[C@@H](C)C(=O)NCC(C)C)S(=O)(=O)c2ccccc2)cc1. The standard InChI is InChI=1S/C30H36ClN3O4S/c1-5-24-13-17-27(18-14-24)34(39(37,38)28-9-7-6-8-10-28)21-29(35)33(20-25-11-15-26(31)16-12-25)23(4)30(36)32-19-22(2)3/h6-18,22-23H,5,19-21H2,1-4H3,(H,32,36)/t23-/m0/s1. The Hall–Kier alpha value is -3.36. The normalized spacial score (nSPS) is 12.2. The van der Waals surface area contributed by atoms with Crippen molar-refractivity contribution in [3.05, 3.63) is 95.0 Å². The van der Waals surface area contributed by atoms with Gasteiger partial charge in [-0.15, -0.1) is 0 Å². The van der Waals surface area contributed by atoms with E-state index < -0.39 is 28.5 Å². The van der Waals surface area contributed by atoms with Crippen molar-refractivity contribution in [2.24, 2.45) is 5.92 Å². The van der Waals surface area contributed by atoms with Crippen LogP contribution in [-0.4, -0.2) is 44.3 Å². The van der Waals surface area contributed by atoms with Gasteiger partial charge in [0.25, 0.3) is 10.0 Å². The van der Waals surface area contributed by atoms with E-state index in [4.69, 9.17) is 11.6 Å². The molecule has 0 aliphatic rings. The van der Waals surface area contributed by atoms with Gasteiger partial charge in [0.2, 0.25) is 11.8 Å². The summed E-state index contributed by atoms with van der Waals surface area (Å²) < 4.78 is 28.7. The molecule has 0 radical (unpaired) electrons. The van der Waals surface area contributed by atoms with Crippen LogP contribution in [0.25, 0.3) is 0 Å². The Morgan fingerprint density at radius 3 is 2.03 bits per heavy atom. The molecule has 0 spiro atoms. The van der Waals surface area contributed by atoms with Gasteiger partial charge >= 0.3 is 0 Å². The van der Waals surface area contributed by atoms with Crippen molar-refractivity contribution in [1.82, 2.24) is 10.2 Å². The molecule has 3 rings (SSSR count). The summed E-state index contributed by atoms with van der Waals surface area (Å²) in [4.78, 5) is 28.4. The van der Waals surface area contributed by atoms with E-state index in [-0.39, 0.29) is 23.3 Å². The number of amides is 2. The monoisotopic (exact) mass is 569 g/mol. The van der Waals surface area contributed by atoms with Gasteiger partial charge in [-0.2, -0.15) is 0 Å². The molecule has 2 amide bonds. The second-order valence-electron chi connectivity index (χ2n) is 9.81. The lowest BCUT2D eigenvalue weighted by Crippen LogP contribution is -2.51. The molecular weight excluding hydrogens is 534 g/mol. The fourth-order valence-electron chi connectivity index (χ4n) is 3.97. The number of anilines is 1. The summed E-state index contributed by atoms with van der Waals surface area (Å²) in [5, 5.41) is 3.43. The zero-order valence-electron chi connectivity index (χ0n) is 22.8. The van der Waals surface area contributed by atoms with E-state index in [1.54, 1.807) is 61.5 Å². The molecule has 1 N–H and O–H groups in total. The lowest BCUT2D eigenvalue weighted by Gasteiger charge is -2.32. The fraction of sp³-hybridized carbons (Fsp3) is 0.333. The molecule has 0 unspecified atom stereocenters. The Morgan fingerprint density at radius 1 is 0.872 bits per heavy atom. The minimum absolute atomic E-state index is 0.0735. The van der Waals surface area contributed by atoms with E-state index in [0.29, 0.717) is 17.3 Å². The van der Waals surface area contributed by atoms with E-state index in [0.717, 1.165) is 21.9 Å². The number of sulfonamides is 1. The highest BCUT2D eigenvalue weighted by atomic mass is 35.5. The molecule has 39 heavy (non-hydrogen) atoms. The van der Waals surface area contributed by atoms with Gasteiger partial charge in [0.05, 0.1) is 10.6 Å². The second kappa shape index (κ2) is 13.6. The molecule has 208 valence electrons. The lowest BCUT2D eigenvalue weighted by atomic mass is 10.1. The van der Waals surface area contributed by atoms with Crippen LogP contribution in [-0.2, 0) is 32.6 Å². The van der Waals surface area contributed by atoms with Crippen molar-refractivity contribution in [3.63, 3.8) is 0 Å². The molecular formula is C30H36ClN3O4S. The van der Waals surface area contributed by atoms with Crippen LogP contribution in [0.3, 0.4) is 0 Å². The van der Waals surface area contributed by atoms with Crippen molar-refractivity contribution >= 4 is 39.1 Å². The van der Waals surface area contributed by atoms with Crippen LogP contribution < -0.4 is 9.62 Å². The molecule has 0 bridgehead atoms. The van der Waals surface area contributed by atoms with Gasteiger partial charge in [-0.25, -0.2) is 8.42 Å². The Bertz CT molecular complexity index is 1350. The fourth-order valence-corrected chi connectivity index (χ4v) is 5.53. The third-order valence-electron chi connectivity index (χ3n) is 6.36. The molecule has 0 saturated heterocycles. The number of benzene rings is 3. The summed E-state index contributed by atoms with van der Waals surface area (Å²) in [5.41, 5.74) is 2.18. The van der Waals surface area contributed by atoms with Crippen molar-refractivity contribution in [3.8, 4) is 0 Å². The van der Waals surface area contributed by atoms with E-state index in [1.807, 2.05) is 32.9 Å². The van der Waals surface area contributed by atoms with E-state index >= 15 is 0 Å². The number of nitrogens with zero attached hydrogens (tertiary/aromatic N) is 2. The first-order valence-corrected chi connectivity index (χ1v) is 14.8. The third-order valence-corrected chi connectivity index (χ3v) is 8.40. The number of rotatable bonds is 12. The molecule has 0 aliphatic carbocycles. The topological polar surface area (TPSA) is 86.8 Å². The molecule has 1 atom stereocenters. The van der Waals surface area contributed by atoms with Crippen LogP contribution in [0, 0.1) is 5.92 Å². The first-order valence-electron chi connectivity index (χ1n) is 13.0. The van der Waals surface area contributed by atoms with Gasteiger partial charge < -0.3 is 10.2 Å². The molecule has 7 nitrogen and oxygen atoms in total. The van der Waals surface area contributed by atoms with Crippen molar-refractivity contribution in [2.75, 3.05) is 17.4 Å². The van der Waals surface area contributed by atoms with Crippen molar-refractivity contribution < 1.29 is 18.0 Å². The minimum atomic E-state index is -4.08. The Labute approximate surface area is 236 Å². The van der Waals surface area contributed by atoms with Crippen LogP contribution in [0.5, 0.6) is 0 Å². The maximum atomic E-state index is 13.9. The number of carbonyl (C=O) groups excluding carboxylic acids is 2. The van der Waals surface area contributed by atoms with E-state index in [1.165, 1.54) is 17.0 Å². The predicted molar refractivity (Wildman–Crippen MR) is 156 cm³/mol. The maximum Gasteiger partial charge on any atom is 0.264 e. The average Bonchev–Trinajstić information content (AvgIpc) is 2.94. The highest BCUT2D eigenvalue weighted by Crippen LogP contribution is 2.25. The zero-order chi connectivity index (χ0) is 28.6. The number of hydrogen-bond acceptors (Lipinski definition) is 4. The molecule has 0 aliphatic heterocycles. The van der Waals surface area contributed by atoms with Crippen molar-refractivity contribution in [1.29, 1.82) is 0 Å². The maximum absolute atomic E-state index is 13.9. The predicted octanol–water partition coefficient (Wildman–Crippen LogP) is 5.29. The number of aryl methyl sites for hydroxylation is 1. The van der Waals surface area contributed by atoms with Gasteiger partial charge in [-0.1, -0.05) is 74.8 Å². The zero-order valence-corrected chi connectivity index (χ0v) is 24.4. The summed E-state index contributed by atoms with van der Waals surface area (Å²) in [7, 11) is -4.08. The minimum Gasteiger partial charge on any atom is -0.354 e. The Kier molecular flexibility index (Phi) is 10.5. The highest BCUT2D eigenvalue weighted by Gasteiger charge is 2.32.